The Labute approximate surface area is 146 Å². The van der Waals surface area contributed by atoms with Crippen molar-refractivity contribution in [3.63, 3.8) is 0 Å². The topological polar surface area (TPSA) is 49.3 Å². The number of nitrogens with zero attached hydrogens (tertiary/aromatic N) is 2. The predicted molar refractivity (Wildman–Crippen MR) is 97.2 cm³/mol. The van der Waals surface area contributed by atoms with E-state index in [1.165, 1.54) is 0 Å². The number of nitrogens with one attached hydrogen (secondary N) is 2. The van der Waals surface area contributed by atoms with E-state index < -0.39 is 0 Å². The summed E-state index contributed by atoms with van der Waals surface area (Å²) in [6, 6.07) is 9.61. The Bertz CT molecular complexity index is 701. The predicted octanol–water partition coefficient (Wildman–Crippen LogP) is 4.12. The zero-order chi connectivity index (χ0) is 16.8. The number of guanidine groups is 1. The van der Waals surface area contributed by atoms with E-state index in [-0.39, 0.29) is 6.04 Å². The monoisotopic (exact) mass is 350 g/mol. The van der Waals surface area contributed by atoms with Crippen LogP contribution in [0.25, 0.3) is 0 Å². The molecule has 1 aromatic heterocycles. The minimum Gasteiger partial charge on any atom is -0.351 e. The summed E-state index contributed by atoms with van der Waals surface area (Å²) in [5.41, 5.74) is 3.18. The lowest BCUT2D eigenvalue weighted by Crippen LogP contribution is -2.38. The molecule has 6 heteroatoms. The van der Waals surface area contributed by atoms with Crippen LogP contribution in [-0.2, 0) is 6.54 Å². The molecule has 0 aliphatic rings. The van der Waals surface area contributed by atoms with E-state index in [1.54, 1.807) is 19.3 Å². The van der Waals surface area contributed by atoms with Crippen molar-refractivity contribution in [2.75, 3.05) is 7.05 Å². The van der Waals surface area contributed by atoms with Crippen molar-refractivity contribution in [2.45, 2.75) is 26.4 Å². The first-order chi connectivity index (χ1) is 11.0. The lowest BCUT2D eigenvalue weighted by molar-refractivity contribution is 0.682. The van der Waals surface area contributed by atoms with Crippen LogP contribution in [0.5, 0.6) is 0 Å². The summed E-state index contributed by atoms with van der Waals surface area (Å²) in [6.07, 6.45) is 1.79. The van der Waals surface area contributed by atoms with Crippen LogP contribution in [0.4, 0.5) is 0 Å². The average molecular weight is 351 g/mol. The van der Waals surface area contributed by atoms with E-state index in [0.29, 0.717) is 22.5 Å². The van der Waals surface area contributed by atoms with Gasteiger partial charge in [-0.05, 0) is 43.2 Å². The second-order valence-electron chi connectivity index (χ2n) is 5.23. The fourth-order valence-corrected chi connectivity index (χ4v) is 2.44. The molecular weight excluding hydrogens is 331 g/mol. The van der Waals surface area contributed by atoms with Gasteiger partial charge in [-0.2, -0.15) is 0 Å². The first kappa shape index (κ1) is 17.6. The molecule has 0 radical (unpaired) electrons. The van der Waals surface area contributed by atoms with Crippen LogP contribution in [0.15, 0.2) is 41.5 Å². The zero-order valence-electron chi connectivity index (χ0n) is 13.4. The third-order valence-electron chi connectivity index (χ3n) is 3.56. The van der Waals surface area contributed by atoms with Crippen molar-refractivity contribution in [3.8, 4) is 0 Å². The van der Waals surface area contributed by atoms with Crippen molar-refractivity contribution in [3.05, 3.63) is 63.4 Å². The maximum Gasteiger partial charge on any atom is 0.191 e. The Balaban J connectivity index is 1.99. The number of aliphatic imine (C=N–C) groups is 1. The number of rotatable bonds is 4. The maximum atomic E-state index is 6.07. The van der Waals surface area contributed by atoms with Crippen molar-refractivity contribution < 1.29 is 0 Å². The molecule has 1 atom stereocenters. The molecule has 4 nitrogen and oxygen atoms in total. The van der Waals surface area contributed by atoms with E-state index in [4.69, 9.17) is 23.2 Å². The molecule has 1 aromatic carbocycles. The quantitative estimate of drug-likeness (QED) is 0.643. The van der Waals surface area contributed by atoms with Gasteiger partial charge in [-0.1, -0.05) is 35.3 Å². The average Bonchev–Trinajstić information content (AvgIpc) is 2.55. The van der Waals surface area contributed by atoms with Gasteiger partial charge < -0.3 is 10.6 Å². The van der Waals surface area contributed by atoms with Crippen LogP contribution >= 0.6 is 23.2 Å². The molecule has 122 valence electrons. The van der Waals surface area contributed by atoms with E-state index in [1.807, 2.05) is 38.1 Å². The van der Waals surface area contributed by atoms with Crippen LogP contribution in [0.2, 0.25) is 10.0 Å². The Morgan fingerprint density at radius 1 is 1.26 bits per heavy atom. The highest BCUT2D eigenvalue weighted by molar-refractivity contribution is 6.42. The number of aryl methyl sites for hydroxylation is 1. The molecule has 2 N–H and O–H groups in total. The Morgan fingerprint density at radius 2 is 2.04 bits per heavy atom. The fraction of sp³-hybridized carbons (Fsp3) is 0.294. The van der Waals surface area contributed by atoms with Crippen LogP contribution in [0.3, 0.4) is 0 Å². The van der Waals surface area contributed by atoms with Crippen molar-refractivity contribution in [1.82, 2.24) is 15.6 Å². The van der Waals surface area contributed by atoms with Gasteiger partial charge in [-0.15, -0.1) is 0 Å². The van der Waals surface area contributed by atoms with E-state index in [2.05, 4.69) is 20.6 Å². The van der Waals surface area contributed by atoms with Crippen LogP contribution in [0.1, 0.15) is 29.8 Å². The number of hydrogen-bond acceptors (Lipinski definition) is 2. The standard InChI is InChI=1S/C17H20Cl2N4/c1-11-5-4-8-21-16(11)10-22-17(20-3)23-12(2)13-6-7-14(18)15(19)9-13/h4-9,12H,10H2,1-3H3,(H2,20,22,23). The highest BCUT2D eigenvalue weighted by atomic mass is 35.5. The molecule has 2 aromatic rings. The molecule has 0 saturated heterocycles. The van der Waals surface area contributed by atoms with Crippen molar-refractivity contribution >= 4 is 29.2 Å². The molecule has 23 heavy (non-hydrogen) atoms. The first-order valence-electron chi connectivity index (χ1n) is 7.34. The van der Waals surface area contributed by atoms with Crippen LogP contribution in [0, 0.1) is 6.92 Å². The van der Waals surface area contributed by atoms with Gasteiger partial charge in [0.2, 0.25) is 0 Å². The second kappa shape index (κ2) is 8.18. The van der Waals surface area contributed by atoms with Crippen LogP contribution < -0.4 is 10.6 Å². The van der Waals surface area contributed by atoms with Gasteiger partial charge in [0, 0.05) is 13.2 Å². The van der Waals surface area contributed by atoms with Gasteiger partial charge in [0.25, 0.3) is 0 Å². The molecule has 0 aliphatic carbocycles. The number of halogens is 2. The first-order valence-corrected chi connectivity index (χ1v) is 8.09. The third kappa shape index (κ3) is 4.85. The zero-order valence-corrected chi connectivity index (χ0v) is 14.9. The number of pyridine rings is 1. The minimum atomic E-state index is 0.0424. The van der Waals surface area contributed by atoms with Gasteiger partial charge in [0.15, 0.2) is 5.96 Å². The normalized spacial score (nSPS) is 12.8. The largest absolute Gasteiger partial charge is 0.351 e. The van der Waals surface area contributed by atoms with Crippen molar-refractivity contribution in [2.24, 2.45) is 4.99 Å². The summed E-state index contributed by atoms with van der Waals surface area (Å²) in [5, 5.41) is 7.70. The maximum absolute atomic E-state index is 6.07. The summed E-state index contributed by atoms with van der Waals surface area (Å²) in [5.74, 6) is 0.702. The van der Waals surface area contributed by atoms with Crippen molar-refractivity contribution in [1.29, 1.82) is 0 Å². The molecule has 0 fully saturated rings. The molecule has 0 spiro atoms. The van der Waals surface area contributed by atoms with E-state index in [9.17, 15) is 0 Å². The minimum absolute atomic E-state index is 0.0424. The van der Waals surface area contributed by atoms with Gasteiger partial charge in [0.05, 0.1) is 28.3 Å². The van der Waals surface area contributed by atoms with Crippen LogP contribution in [-0.4, -0.2) is 18.0 Å². The molecule has 1 unspecified atom stereocenters. The third-order valence-corrected chi connectivity index (χ3v) is 4.30. The number of aromatic nitrogens is 1. The summed E-state index contributed by atoms with van der Waals surface area (Å²) in [6.45, 7) is 4.69. The Kier molecular flexibility index (Phi) is 6.25. The smallest absolute Gasteiger partial charge is 0.191 e. The summed E-state index contributed by atoms with van der Waals surface area (Å²) in [7, 11) is 1.74. The Morgan fingerprint density at radius 3 is 2.70 bits per heavy atom. The summed E-state index contributed by atoms with van der Waals surface area (Å²) < 4.78 is 0. The summed E-state index contributed by atoms with van der Waals surface area (Å²) >= 11 is 12.0. The Hall–Kier alpha value is -1.78. The number of hydrogen-bond donors (Lipinski definition) is 2. The fourth-order valence-electron chi connectivity index (χ4n) is 2.14. The van der Waals surface area contributed by atoms with Gasteiger partial charge in [0.1, 0.15) is 0 Å². The van der Waals surface area contributed by atoms with E-state index in [0.717, 1.165) is 16.8 Å². The lowest BCUT2D eigenvalue weighted by Gasteiger charge is -2.19. The van der Waals surface area contributed by atoms with Gasteiger partial charge in [-0.25, -0.2) is 0 Å². The van der Waals surface area contributed by atoms with Gasteiger partial charge >= 0.3 is 0 Å². The molecule has 2 rings (SSSR count). The highest BCUT2D eigenvalue weighted by Gasteiger charge is 2.10. The molecule has 0 bridgehead atoms. The number of benzene rings is 1. The molecule has 1 heterocycles. The molecule has 0 amide bonds. The molecule has 0 aliphatic heterocycles. The van der Waals surface area contributed by atoms with Gasteiger partial charge in [-0.3, -0.25) is 9.98 Å². The second-order valence-corrected chi connectivity index (χ2v) is 6.05. The molecule has 0 saturated carbocycles. The highest BCUT2D eigenvalue weighted by Crippen LogP contribution is 2.25. The SMILES string of the molecule is CN=C(NCc1ncccc1C)NC(C)c1ccc(Cl)c(Cl)c1. The molecular formula is C17H20Cl2N4. The van der Waals surface area contributed by atoms with E-state index >= 15 is 0 Å². The summed E-state index contributed by atoms with van der Waals surface area (Å²) in [4.78, 5) is 8.61. The lowest BCUT2D eigenvalue weighted by atomic mass is 10.1.